The van der Waals surface area contributed by atoms with Crippen LogP contribution in [0, 0.1) is 0 Å². The Morgan fingerprint density at radius 1 is 1.10 bits per heavy atom. The van der Waals surface area contributed by atoms with Crippen LogP contribution in [-0.4, -0.2) is 47.2 Å². The van der Waals surface area contributed by atoms with E-state index in [0.717, 1.165) is 24.9 Å². The minimum atomic E-state index is -0.916. The monoisotopic (exact) mass is 426 g/mol. The molecule has 2 saturated heterocycles. The molecule has 0 bridgehead atoms. The summed E-state index contributed by atoms with van der Waals surface area (Å²) >= 11 is 0. The maximum atomic E-state index is 12.8. The van der Waals surface area contributed by atoms with Crippen molar-refractivity contribution in [3.63, 3.8) is 0 Å². The molecular formula is C23H34N6O2. The SMILES string of the molecule is CCCCOC1=NC2(C)C(=C(N)N1)NC(=O)N2Cc1ccc(CN2CCCCC2)cc1. The van der Waals surface area contributed by atoms with Crippen molar-refractivity contribution in [2.45, 2.75) is 64.7 Å². The van der Waals surface area contributed by atoms with E-state index in [0.29, 0.717) is 30.7 Å². The third-order valence-corrected chi connectivity index (χ3v) is 6.26. The number of carbonyl (C=O) groups excluding carboxylic acids is 1. The van der Waals surface area contributed by atoms with Gasteiger partial charge < -0.3 is 15.8 Å². The smallest absolute Gasteiger partial charge is 0.324 e. The number of nitrogens with one attached hydrogen (secondary N) is 2. The molecule has 168 valence electrons. The Kier molecular flexibility index (Phi) is 6.36. The largest absolute Gasteiger partial charge is 0.465 e. The van der Waals surface area contributed by atoms with Crippen molar-refractivity contribution in [1.29, 1.82) is 0 Å². The summed E-state index contributed by atoms with van der Waals surface area (Å²) in [7, 11) is 0. The van der Waals surface area contributed by atoms with Gasteiger partial charge in [0.25, 0.3) is 6.02 Å². The number of urea groups is 1. The summed E-state index contributed by atoms with van der Waals surface area (Å²) < 4.78 is 5.74. The van der Waals surface area contributed by atoms with Crippen LogP contribution in [-0.2, 0) is 17.8 Å². The summed E-state index contributed by atoms with van der Waals surface area (Å²) in [6.45, 7) is 8.34. The number of ether oxygens (including phenoxy) is 1. The van der Waals surface area contributed by atoms with Crippen LogP contribution in [0.1, 0.15) is 57.1 Å². The van der Waals surface area contributed by atoms with E-state index in [4.69, 9.17) is 15.5 Å². The molecule has 0 saturated carbocycles. The number of nitrogens with two attached hydrogens (primary N) is 1. The average Bonchev–Trinajstić information content (AvgIpc) is 3.01. The lowest BCUT2D eigenvalue weighted by molar-refractivity contribution is 0.167. The molecule has 1 aromatic carbocycles. The van der Waals surface area contributed by atoms with Gasteiger partial charge in [0.2, 0.25) is 0 Å². The van der Waals surface area contributed by atoms with E-state index in [9.17, 15) is 4.79 Å². The van der Waals surface area contributed by atoms with Gasteiger partial charge in [-0.05, 0) is 50.4 Å². The lowest BCUT2D eigenvalue weighted by Gasteiger charge is -2.34. The standard InChI is InChI=1S/C23H34N6O2/c1-3-4-14-31-21-26-20(24)19-23(2,27-21)29(22(30)25-19)16-18-10-8-17(9-11-18)15-28-12-6-5-7-13-28/h8-11H,3-7,12-16,24H2,1-2H3,(H,25,30)(H,26,27). The second kappa shape index (κ2) is 9.18. The van der Waals surface area contributed by atoms with Gasteiger partial charge in [0.05, 0.1) is 13.2 Å². The van der Waals surface area contributed by atoms with Crippen LogP contribution in [0.15, 0.2) is 40.8 Å². The van der Waals surface area contributed by atoms with Crippen LogP contribution in [0.2, 0.25) is 0 Å². The molecule has 2 amide bonds. The number of amidine groups is 1. The summed E-state index contributed by atoms with van der Waals surface area (Å²) in [6.07, 6.45) is 5.88. The number of amides is 2. The van der Waals surface area contributed by atoms with Crippen molar-refractivity contribution in [2.24, 2.45) is 10.7 Å². The maximum absolute atomic E-state index is 12.8. The zero-order valence-electron chi connectivity index (χ0n) is 18.6. The molecule has 0 aliphatic carbocycles. The number of rotatable bonds is 7. The van der Waals surface area contributed by atoms with Crippen LogP contribution >= 0.6 is 0 Å². The molecule has 3 heterocycles. The number of carbonyl (C=O) groups is 1. The van der Waals surface area contributed by atoms with E-state index >= 15 is 0 Å². The number of hydrogen-bond donors (Lipinski definition) is 3. The first-order chi connectivity index (χ1) is 15.0. The first-order valence-electron chi connectivity index (χ1n) is 11.4. The summed E-state index contributed by atoms with van der Waals surface area (Å²) in [4.78, 5) is 21.7. The lowest BCUT2D eigenvalue weighted by Crippen LogP contribution is -2.49. The molecule has 4 N–H and O–H groups in total. The van der Waals surface area contributed by atoms with Gasteiger partial charge in [-0.2, -0.15) is 0 Å². The van der Waals surface area contributed by atoms with E-state index in [1.54, 1.807) is 4.90 Å². The van der Waals surface area contributed by atoms with E-state index < -0.39 is 5.66 Å². The molecule has 3 aliphatic heterocycles. The molecule has 1 unspecified atom stereocenters. The van der Waals surface area contributed by atoms with Gasteiger partial charge in [-0.15, -0.1) is 0 Å². The molecule has 2 fully saturated rings. The molecule has 0 aromatic heterocycles. The van der Waals surface area contributed by atoms with Crippen molar-refractivity contribution in [2.75, 3.05) is 19.7 Å². The fraction of sp³-hybridized carbons (Fsp3) is 0.565. The van der Waals surface area contributed by atoms with Crippen molar-refractivity contribution >= 4 is 12.1 Å². The topological polar surface area (TPSA) is 95.2 Å². The molecule has 8 nitrogen and oxygen atoms in total. The van der Waals surface area contributed by atoms with Crippen molar-refractivity contribution in [1.82, 2.24) is 20.4 Å². The van der Waals surface area contributed by atoms with Gasteiger partial charge in [-0.1, -0.05) is 44.0 Å². The Labute approximate surface area is 184 Å². The van der Waals surface area contributed by atoms with Crippen LogP contribution in [0.4, 0.5) is 4.79 Å². The first-order valence-corrected chi connectivity index (χ1v) is 11.4. The van der Waals surface area contributed by atoms with Gasteiger partial charge in [0.15, 0.2) is 5.66 Å². The number of benzene rings is 1. The quantitative estimate of drug-likeness (QED) is 0.583. The average molecular weight is 427 g/mol. The Morgan fingerprint density at radius 2 is 1.77 bits per heavy atom. The van der Waals surface area contributed by atoms with Crippen LogP contribution in [0.5, 0.6) is 0 Å². The van der Waals surface area contributed by atoms with Crippen molar-refractivity contribution in [3.8, 4) is 0 Å². The molecule has 4 rings (SSSR count). The predicted octanol–water partition coefficient (Wildman–Crippen LogP) is 2.82. The van der Waals surface area contributed by atoms with Crippen LogP contribution in [0.3, 0.4) is 0 Å². The van der Waals surface area contributed by atoms with Gasteiger partial charge in [-0.3, -0.25) is 15.1 Å². The van der Waals surface area contributed by atoms with E-state index in [1.165, 1.54) is 37.9 Å². The normalized spacial score (nSPS) is 23.9. The zero-order chi connectivity index (χ0) is 21.8. The molecular weight excluding hydrogens is 392 g/mol. The molecule has 0 radical (unpaired) electrons. The molecule has 31 heavy (non-hydrogen) atoms. The first kappa shape index (κ1) is 21.5. The number of likely N-dealkylation sites (tertiary alicyclic amines) is 1. The Balaban J connectivity index is 1.46. The second-order valence-corrected chi connectivity index (χ2v) is 8.72. The van der Waals surface area contributed by atoms with Gasteiger partial charge >= 0.3 is 6.03 Å². The lowest BCUT2D eigenvalue weighted by atomic mass is 10.1. The number of nitrogens with zero attached hydrogens (tertiary/aromatic N) is 3. The number of piperidine rings is 1. The molecule has 8 heteroatoms. The summed E-state index contributed by atoms with van der Waals surface area (Å²) in [5.41, 5.74) is 8.20. The number of fused-ring (bicyclic) bond motifs is 1. The third kappa shape index (κ3) is 4.63. The van der Waals surface area contributed by atoms with Crippen molar-refractivity contribution < 1.29 is 9.53 Å². The highest BCUT2D eigenvalue weighted by molar-refractivity contribution is 5.86. The number of unbranched alkanes of at least 4 members (excludes halogenated alkanes) is 1. The Hall–Kier alpha value is -2.74. The maximum Gasteiger partial charge on any atom is 0.324 e. The van der Waals surface area contributed by atoms with Crippen LogP contribution < -0.4 is 16.4 Å². The minimum Gasteiger partial charge on any atom is -0.465 e. The van der Waals surface area contributed by atoms with Gasteiger partial charge in [0.1, 0.15) is 11.5 Å². The zero-order valence-corrected chi connectivity index (χ0v) is 18.6. The molecule has 1 atom stereocenters. The van der Waals surface area contributed by atoms with E-state index in [1.807, 2.05) is 6.92 Å². The fourth-order valence-electron chi connectivity index (χ4n) is 4.38. The third-order valence-electron chi connectivity index (χ3n) is 6.26. The summed E-state index contributed by atoms with van der Waals surface area (Å²) in [5, 5.41) is 5.84. The highest BCUT2D eigenvalue weighted by atomic mass is 16.5. The Bertz CT molecular complexity index is 859. The highest BCUT2D eigenvalue weighted by Gasteiger charge is 2.50. The van der Waals surface area contributed by atoms with Gasteiger partial charge in [-0.25, -0.2) is 9.79 Å². The Morgan fingerprint density at radius 3 is 2.45 bits per heavy atom. The summed E-state index contributed by atoms with van der Waals surface area (Å²) in [6, 6.07) is 8.68. The minimum absolute atomic E-state index is 0.210. The number of aliphatic imine (C=N–C) groups is 1. The second-order valence-electron chi connectivity index (χ2n) is 8.72. The predicted molar refractivity (Wildman–Crippen MR) is 121 cm³/mol. The van der Waals surface area contributed by atoms with E-state index in [-0.39, 0.29) is 6.03 Å². The molecule has 1 aromatic rings. The number of hydrogen-bond acceptors (Lipinski definition) is 6. The summed E-state index contributed by atoms with van der Waals surface area (Å²) in [5.74, 6) is 0.372. The van der Waals surface area contributed by atoms with Crippen molar-refractivity contribution in [3.05, 3.63) is 46.9 Å². The van der Waals surface area contributed by atoms with E-state index in [2.05, 4.69) is 46.7 Å². The highest BCUT2D eigenvalue weighted by Crippen LogP contribution is 2.35. The fourth-order valence-corrected chi connectivity index (χ4v) is 4.38. The molecule has 0 spiro atoms. The van der Waals surface area contributed by atoms with Crippen LogP contribution in [0.25, 0.3) is 0 Å². The molecule has 3 aliphatic rings. The van der Waals surface area contributed by atoms with Gasteiger partial charge in [0, 0.05) is 6.54 Å².